The van der Waals surface area contributed by atoms with Crippen LogP contribution in [0.15, 0.2) is 82.0 Å². The molecule has 0 amide bonds. The molecular weight excluding hydrogens is 362 g/mol. The Balaban J connectivity index is 1.93. The number of hydrogen-bond acceptors (Lipinski definition) is 4. The van der Waals surface area contributed by atoms with Crippen molar-refractivity contribution in [2.75, 3.05) is 0 Å². The van der Waals surface area contributed by atoms with E-state index in [0.717, 1.165) is 22.2 Å². The molecule has 0 saturated carbocycles. The van der Waals surface area contributed by atoms with Gasteiger partial charge in [-0.2, -0.15) is 4.98 Å². The molecule has 3 heterocycles. The average molecular weight is 377 g/mol. The molecule has 0 fully saturated rings. The van der Waals surface area contributed by atoms with Crippen LogP contribution < -0.4 is 5.43 Å². The van der Waals surface area contributed by atoms with Gasteiger partial charge in [-0.05, 0) is 36.8 Å². The summed E-state index contributed by atoms with van der Waals surface area (Å²) in [6.45, 7) is 2.04. The van der Waals surface area contributed by atoms with Crippen LogP contribution in [0.5, 0.6) is 0 Å². The zero-order valence-electron chi connectivity index (χ0n) is 15.6. The van der Waals surface area contributed by atoms with E-state index in [1.54, 1.807) is 12.1 Å². The Kier molecular flexibility index (Phi) is 3.18. The zero-order chi connectivity index (χ0) is 19.5. The van der Waals surface area contributed by atoms with Crippen LogP contribution in [-0.2, 0) is 0 Å². The van der Waals surface area contributed by atoms with E-state index >= 15 is 0 Å². The predicted molar refractivity (Wildman–Crippen MR) is 114 cm³/mol. The molecule has 0 unspecified atom stereocenters. The maximum absolute atomic E-state index is 13.3. The minimum Gasteiger partial charge on any atom is -0.437 e. The summed E-state index contributed by atoms with van der Waals surface area (Å²) in [6, 6.07) is 23.1. The second-order valence-electron chi connectivity index (χ2n) is 7.12. The van der Waals surface area contributed by atoms with E-state index in [1.807, 2.05) is 72.0 Å². The molecule has 6 aromatic rings. The van der Waals surface area contributed by atoms with Gasteiger partial charge in [0.2, 0.25) is 11.1 Å². The van der Waals surface area contributed by atoms with Crippen molar-refractivity contribution in [3.05, 3.63) is 88.6 Å². The maximum atomic E-state index is 13.3. The topological polar surface area (TPSA) is 60.4 Å². The lowest BCUT2D eigenvalue weighted by Crippen LogP contribution is -2.08. The highest BCUT2D eigenvalue weighted by molar-refractivity contribution is 6.00. The van der Waals surface area contributed by atoms with Crippen LogP contribution in [0.3, 0.4) is 0 Å². The number of rotatable bonds is 1. The highest BCUT2D eigenvalue weighted by Gasteiger charge is 2.20. The summed E-state index contributed by atoms with van der Waals surface area (Å²) >= 11 is 0. The molecule has 0 N–H and O–H groups in total. The lowest BCUT2D eigenvalue weighted by molar-refractivity contribution is 0.644. The quantitative estimate of drug-likeness (QED) is 0.373. The standard InChI is InChI=1S/C24H15N3O2/c1-14-8-2-3-9-15(14)22-26-24-20(21(28)16-10-4-7-13-19(16)29-24)23-25-17-11-5-6-12-18(17)27(22)23/h2-13H,1H3. The van der Waals surface area contributed by atoms with Gasteiger partial charge in [-0.1, -0.05) is 48.5 Å². The monoisotopic (exact) mass is 377 g/mol. The van der Waals surface area contributed by atoms with Gasteiger partial charge in [0.15, 0.2) is 11.5 Å². The van der Waals surface area contributed by atoms with Gasteiger partial charge in [-0.25, -0.2) is 4.98 Å². The second-order valence-corrected chi connectivity index (χ2v) is 7.12. The molecule has 0 aliphatic rings. The number of nitrogens with zero attached hydrogens (tertiary/aromatic N) is 3. The van der Waals surface area contributed by atoms with Crippen LogP contribution in [0.2, 0.25) is 0 Å². The SMILES string of the molecule is Cc1ccccc1-c1nc2oc3ccccc3c(=O)c2c2nc3ccccc3n12. The van der Waals surface area contributed by atoms with Gasteiger partial charge in [0.05, 0.1) is 16.4 Å². The Morgan fingerprint density at radius 2 is 1.62 bits per heavy atom. The molecule has 29 heavy (non-hydrogen) atoms. The fourth-order valence-electron chi connectivity index (χ4n) is 3.96. The first-order chi connectivity index (χ1) is 14.2. The molecule has 0 radical (unpaired) electrons. The van der Waals surface area contributed by atoms with Crippen molar-refractivity contribution in [3.63, 3.8) is 0 Å². The van der Waals surface area contributed by atoms with E-state index < -0.39 is 0 Å². The van der Waals surface area contributed by atoms with Crippen LogP contribution in [0.4, 0.5) is 0 Å². The molecule has 3 aromatic carbocycles. The minimum atomic E-state index is -0.119. The number of imidazole rings is 1. The summed E-state index contributed by atoms with van der Waals surface area (Å²) in [4.78, 5) is 23.0. The summed E-state index contributed by atoms with van der Waals surface area (Å²) < 4.78 is 8.03. The van der Waals surface area contributed by atoms with E-state index in [1.165, 1.54) is 0 Å². The van der Waals surface area contributed by atoms with E-state index in [2.05, 4.69) is 0 Å². The Labute approximate surface area is 164 Å². The third-order valence-corrected chi connectivity index (χ3v) is 5.37. The van der Waals surface area contributed by atoms with Gasteiger partial charge < -0.3 is 4.42 Å². The first-order valence-electron chi connectivity index (χ1n) is 9.41. The van der Waals surface area contributed by atoms with Crippen molar-refractivity contribution in [1.29, 1.82) is 0 Å². The summed E-state index contributed by atoms with van der Waals surface area (Å²) in [5.74, 6) is 0.706. The third-order valence-electron chi connectivity index (χ3n) is 5.37. The third kappa shape index (κ3) is 2.18. The number of benzene rings is 3. The first kappa shape index (κ1) is 16.0. The van der Waals surface area contributed by atoms with Crippen molar-refractivity contribution in [2.24, 2.45) is 0 Å². The van der Waals surface area contributed by atoms with Gasteiger partial charge in [-0.15, -0.1) is 0 Å². The fraction of sp³-hybridized carbons (Fsp3) is 0.0417. The van der Waals surface area contributed by atoms with Crippen molar-refractivity contribution < 1.29 is 4.42 Å². The molecular formula is C24H15N3O2. The van der Waals surface area contributed by atoms with Crippen LogP contribution in [0.1, 0.15) is 5.56 Å². The molecule has 3 aromatic heterocycles. The highest BCUT2D eigenvalue weighted by atomic mass is 16.3. The van der Waals surface area contributed by atoms with E-state index in [4.69, 9.17) is 14.4 Å². The molecule has 0 atom stereocenters. The number of aryl methyl sites for hydroxylation is 1. The molecule has 5 nitrogen and oxygen atoms in total. The Hall–Kier alpha value is -3.99. The van der Waals surface area contributed by atoms with E-state index in [-0.39, 0.29) is 5.43 Å². The Bertz CT molecular complexity index is 1640. The number of fused-ring (bicyclic) bond motifs is 6. The van der Waals surface area contributed by atoms with Crippen LogP contribution >= 0.6 is 0 Å². The van der Waals surface area contributed by atoms with Crippen LogP contribution in [0, 0.1) is 6.92 Å². The molecule has 0 spiro atoms. The van der Waals surface area contributed by atoms with Gasteiger partial charge >= 0.3 is 0 Å². The highest BCUT2D eigenvalue weighted by Crippen LogP contribution is 2.30. The maximum Gasteiger partial charge on any atom is 0.236 e. The second kappa shape index (κ2) is 5.75. The first-order valence-corrected chi connectivity index (χ1v) is 9.41. The van der Waals surface area contributed by atoms with Gasteiger partial charge in [-0.3, -0.25) is 9.20 Å². The summed E-state index contributed by atoms with van der Waals surface area (Å²) in [5, 5.41) is 0.927. The fourth-order valence-corrected chi connectivity index (χ4v) is 3.96. The Morgan fingerprint density at radius 3 is 2.52 bits per heavy atom. The van der Waals surface area contributed by atoms with Gasteiger partial charge in [0.25, 0.3) is 0 Å². The van der Waals surface area contributed by atoms with Crippen molar-refractivity contribution in [3.8, 4) is 11.4 Å². The predicted octanol–water partition coefficient (Wildman–Crippen LogP) is 5.12. The van der Waals surface area contributed by atoms with Crippen molar-refractivity contribution in [2.45, 2.75) is 6.92 Å². The molecule has 138 valence electrons. The lowest BCUT2D eigenvalue weighted by atomic mass is 10.1. The normalized spacial score (nSPS) is 11.8. The van der Waals surface area contributed by atoms with Crippen LogP contribution in [0.25, 0.3) is 50.1 Å². The van der Waals surface area contributed by atoms with E-state index in [9.17, 15) is 4.79 Å². The van der Waals surface area contributed by atoms with Gasteiger partial charge in [0, 0.05) is 5.56 Å². The largest absolute Gasteiger partial charge is 0.437 e. The zero-order valence-corrected chi connectivity index (χ0v) is 15.6. The molecule has 0 bridgehead atoms. The molecule has 0 aliphatic carbocycles. The lowest BCUT2D eigenvalue weighted by Gasteiger charge is -2.10. The molecule has 6 rings (SSSR count). The number of aromatic nitrogens is 3. The summed E-state index contributed by atoms with van der Waals surface area (Å²) in [5.41, 5.74) is 5.04. The summed E-state index contributed by atoms with van der Waals surface area (Å²) in [7, 11) is 0. The number of para-hydroxylation sites is 3. The number of hydrogen-bond donors (Lipinski definition) is 0. The van der Waals surface area contributed by atoms with Crippen molar-refractivity contribution in [1.82, 2.24) is 14.4 Å². The van der Waals surface area contributed by atoms with Crippen molar-refractivity contribution >= 4 is 38.7 Å². The Morgan fingerprint density at radius 1 is 0.862 bits per heavy atom. The minimum absolute atomic E-state index is 0.119. The smallest absolute Gasteiger partial charge is 0.236 e. The molecule has 5 heteroatoms. The average Bonchev–Trinajstić information content (AvgIpc) is 3.13. The van der Waals surface area contributed by atoms with Gasteiger partial charge in [0.1, 0.15) is 11.0 Å². The molecule has 0 saturated heterocycles. The van der Waals surface area contributed by atoms with Crippen LogP contribution in [-0.4, -0.2) is 14.4 Å². The molecule has 0 aliphatic heterocycles. The van der Waals surface area contributed by atoms with E-state index in [0.29, 0.717) is 33.5 Å². The summed E-state index contributed by atoms with van der Waals surface area (Å²) in [6.07, 6.45) is 0.